The molecule has 0 aliphatic carbocycles. The van der Waals surface area contributed by atoms with Crippen LogP contribution in [0.1, 0.15) is 11.1 Å². The van der Waals surface area contributed by atoms with E-state index in [2.05, 4.69) is 29.6 Å². The fraction of sp³-hybridized carbons (Fsp3) is 0.143. The first-order valence-electron chi connectivity index (χ1n) is 5.39. The molecule has 17 heavy (non-hydrogen) atoms. The second-order valence-corrected chi connectivity index (χ2v) is 4.38. The van der Waals surface area contributed by atoms with Crippen molar-refractivity contribution in [1.82, 2.24) is 0 Å². The van der Waals surface area contributed by atoms with E-state index < -0.39 is 5.82 Å². The van der Waals surface area contributed by atoms with Crippen molar-refractivity contribution in [2.24, 2.45) is 0 Å². The first kappa shape index (κ1) is 11.9. The SMILES string of the molecule is Cc1ccc(CNc2ccc(Cl)c(F)c2)cc1. The summed E-state index contributed by atoms with van der Waals surface area (Å²) in [5.74, 6) is -0.402. The van der Waals surface area contributed by atoms with Crippen LogP contribution in [0.15, 0.2) is 42.5 Å². The molecule has 0 spiro atoms. The van der Waals surface area contributed by atoms with Gasteiger partial charge in [-0.1, -0.05) is 41.4 Å². The quantitative estimate of drug-likeness (QED) is 0.850. The molecule has 0 aliphatic rings. The number of aryl methyl sites for hydroxylation is 1. The van der Waals surface area contributed by atoms with Gasteiger partial charge in [-0.25, -0.2) is 4.39 Å². The molecule has 0 aromatic heterocycles. The highest BCUT2D eigenvalue weighted by Gasteiger charge is 2.00. The molecule has 0 bridgehead atoms. The number of hydrogen-bond acceptors (Lipinski definition) is 1. The van der Waals surface area contributed by atoms with E-state index in [-0.39, 0.29) is 5.02 Å². The summed E-state index contributed by atoms with van der Waals surface area (Å²) in [5, 5.41) is 3.29. The van der Waals surface area contributed by atoms with E-state index in [4.69, 9.17) is 11.6 Å². The van der Waals surface area contributed by atoms with E-state index in [0.29, 0.717) is 6.54 Å². The highest BCUT2D eigenvalue weighted by atomic mass is 35.5. The Morgan fingerprint density at radius 1 is 1.12 bits per heavy atom. The Balaban J connectivity index is 2.02. The summed E-state index contributed by atoms with van der Waals surface area (Å²) in [7, 11) is 0. The number of benzene rings is 2. The van der Waals surface area contributed by atoms with Gasteiger partial charge in [-0.2, -0.15) is 0 Å². The van der Waals surface area contributed by atoms with Crippen molar-refractivity contribution in [2.75, 3.05) is 5.32 Å². The minimum absolute atomic E-state index is 0.144. The molecule has 0 heterocycles. The molecule has 2 aromatic carbocycles. The van der Waals surface area contributed by atoms with Crippen LogP contribution in [-0.2, 0) is 6.54 Å². The van der Waals surface area contributed by atoms with Crippen molar-refractivity contribution in [2.45, 2.75) is 13.5 Å². The fourth-order valence-electron chi connectivity index (χ4n) is 1.52. The lowest BCUT2D eigenvalue weighted by atomic mass is 10.1. The lowest BCUT2D eigenvalue weighted by Gasteiger charge is -2.07. The van der Waals surface area contributed by atoms with Crippen LogP contribution in [0.2, 0.25) is 5.02 Å². The Hall–Kier alpha value is -1.54. The first-order chi connectivity index (χ1) is 8.15. The third kappa shape index (κ3) is 3.21. The Morgan fingerprint density at radius 2 is 1.82 bits per heavy atom. The van der Waals surface area contributed by atoms with Gasteiger partial charge in [0.25, 0.3) is 0 Å². The molecule has 0 unspecified atom stereocenters. The van der Waals surface area contributed by atoms with Crippen LogP contribution in [0, 0.1) is 12.7 Å². The Morgan fingerprint density at radius 3 is 2.47 bits per heavy atom. The zero-order chi connectivity index (χ0) is 12.3. The number of hydrogen-bond donors (Lipinski definition) is 1. The highest BCUT2D eigenvalue weighted by Crippen LogP contribution is 2.19. The zero-order valence-electron chi connectivity index (χ0n) is 9.50. The van der Waals surface area contributed by atoms with Crippen molar-refractivity contribution < 1.29 is 4.39 Å². The molecule has 1 N–H and O–H groups in total. The highest BCUT2D eigenvalue weighted by molar-refractivity contribution is 6.30. The van der Waals surface area contributed by atoms with Gasteiger partial charge in [-0.15, -0.1) is 0 Å². The van der Waals surface area contributed by atoms with Gasteiger partial charge in [0.05, 0.1) is 5.02 Å². The van der Waals surface area contributed by atoms with Crippen LogP contribution >= 0.6 is 11.6 Å². The summed E-state index contributed by atoms with van der Waals surface area (Å²) in [6.45, 7) is 2.72. The maximum absolute atomic E-state index is 13.2. The summed E-state index contributed by atoms with van der Waals surface area (Å²) in [6, 6.07) is 12.9. The van der Waals surface area contributed by atoms with Gasteiger partial charge in [0.2, 0.25) is 0 Å². The number of halogens is 2. The lowest BCUT2D eigenvalue weighted by Crippen LogP contribution is -1.99. The number of rotatable bonds is 3. The van der Waals surface area contributed by atoms with E-state index in [9.17, 15) is 4.39 Å². The van der Waals surface area contributed by atoms with Crippen molar-refractivity contribution >= 4 is 17.3 Å². The van der Waals surface area contributed by atoms with E-state index in [1.165, 1.54) is 11.6 Å². The van der Waals surface area contributed by atoms with Gasteiger partial charge >= 0.3 is 0 Å². The normalized spacial score (nSPS) is 10.3. The average Bonchev–Trinajstić information content (AvgIpc) is 2.33. The molecule has 1 nitrogen and oxygen atoms in total. The largest absolute Gasteiger partial charge is 0.381 e. The molecular weight excluding hydrogens is 237 g/mol. The van der Waals surface area contributed by atoms with Crippen molar-refractivity contribution in [3.8, 4) is 0 Å². The summed E-state index contributed by atoms with van der Waals surface area (Å²) in [5.41, 5.74) is 3.12. The van der Waals surface area contributed by atoms with Crippen LogP contribution in [0.4, 0.5) is 10.1 Å². The van der Waals surface area contributed by atoms with Crippen LogP contribution in [-0.4, -0.2) is 0 Å². The second kappa shape index (κ2) is 5.19. The summed E-state index contributed by atoms with van der Waals surface area (Å²) in [4.78, 5) is 0. The maximum atomic E-state index is 13.2. The third-order valence-electron chi connectivity index (χ3n) is 2.54. The minimum Gasteiger partial charge on any atom is -0.381 e. The van der Waals surface area contributed by atoms with Crippen molar-refractivity contribution in [1.29, 1.82) is 0 Å². The van der Waals surface area contributed by atoms with Crippen LogP contribution in [0.3, 0.4) is 0 Å². The summed E-state index contributed by atoms with van der Waals surface area (Å²) < 4.78 is 13.2. The molecular formula is C14H13ClFN. The number of nitrogens with one attached hydrogen (secondary N) is 1. The molecule has 0 radical (unpaired) electrons. The molecule has 0 saturated carbocycles. The van der Waals surface area contributed by atoms with Gasteiger partial charge in [0, 0.05) is 12.2 Å². The molecule has 2 aromatic rings. The molecule has 0 amide bonds. The molecule has 0 saturated heterocycles. The van der Waals surface area contributed by atoms with Gasteiger partial charge in [-0.05, 0) is 30.7 Å². The van der Waals surface area contributed by atoms with Crippen molar-refractivity contribution in [3.05, 3.63) is 64.4 Å². The monoisotopic (exact) mass is 249 g/mol. The smallest absolute Gasteiger partial charge is 0.143 e. The Bertz CT molecular complexity index is 508. The summed E-state index contributed by atoms with van der Waals surface area (Å²) in [6.07, 6.45) is 0. The van der Waals surface area contributed by atoms with E-state index in [1.807, 2.05) is 6.92 Å². The lowest BCUT2D eigenvalue weighted by molar-refractivity contribution is 0.628. The predicted molar refractivity (Wildman–Crippen MR) is 69.9 cm³/mol. The van der Waals surface area contributed by atoms with Crippen LogP contribution in [0.5, 0.6) is 0 Å². The average molecular weight is 250 g/mol. The molecule has 2 rings (SSSR count). The molecule has 3 heteroatoms. The van der Waals surface area contributed by atoms with E-state index in [0.717, 1.165) is 11.3 Å². The zero-order valence-corrected chi connectivity index (χ0v) is 10.3. The molecule has 0 fully saturated rings. The van der Waals surface area contributed by atoms with Crippen molar-refractivity contribution in [3.63, 3.8) is 0 Å². The fourth-order valence-corrected chi connectivity index (χ4v) is 1.63. The minimum atomic E-state index is -0.402. The van der Waals surface area contributed by atoms with Gasteiger partial charge in [-0.3, -0.25) is 0 Å². The molecule has 0 atom stereocenters. The molecule has 0 aliphatic heterocycles. The molecule has 88 valence electrons. The summed E-state index contributed by atoms with van der Waals surface area (Å²) >= 11 is 5.61. The van der Waals surface area contributed by atoms with E-state index in [1.54, 1.807) is 12.1 Å². The third-order valence-corrected chi connectivity index (χ3v) is 2.84. The standard InChI is InChI=1S/C14H13ClFN/c1-10-2-4-11(5-3-10)9-17-12-6-7-13(15)14(16)8-12/h2-8,17H,9H2,1H3. The van der Waals surface area contributed by atoms with Gasteiger partial charge < -0.3 is 5.32 Å². The predicted octanol–water partition coefficient (Wildman–Crippen LogP) is 4.40. The Labute approximate surface area is 105 Å². The van der Waals surface area contributed by atoms with Gasteiger partial charge in [0.1, 0.15) is 5.82 Å². The van der Waals surface area contributed by atoms with Crippen LogP contribution < -0.4 is 5.32 Å². The second-order valence-electron chi connectivity index (χ2n) is 3.97. The first-order valence-corrected chi connectivity index (χ1v) is 5.77. The topological polar surface area (TPSA) is 12.0 Å². The maximum Gasteiger partial charge on any atom is 0.143 e. The Kier molecular flexibility index (Phi) is 3.64. The van der Waals surface area contributed by atoms with E-state index >= 15 is 0 Å². The van der Waals surface area contributed by atoms with Gasteiger partial charge in [0.15, 0.2) is 0 Å². The number of anilines is 1. The van der Waals surface area contributed by atoms with Crippen LogP contribution in [0.25, 0.3) is 0 Å².